The fraction of sp³-hybridized carbons (Fsp3) is 0.429. The number of rotatable bonds is 5. The fourth-order valence-electron chi connectivity index (χ4n) is 1.73. The lowest BCUT2D eigenvalue weighted by Crippen LogP contribution is -2.25. The van der Waals surface area contributed by atoms with E-state index in [9.17, 15) is 4.39 Å². The minimum absolute atomic E-state index is 0.161. The van der Waals surface area contributed by atoms with Gasteiger partial charge in [0.2, 0.25) is 0 Å². The highest BCUT2D eigenvalue weighted by atomic mass is 19.1. The SMILES string of the molecule is C#CCN(CCC)c1ccc(C(C)N)cc1F. The maximum atomic E-state index is 13.9. The van der Waals surface area contributed by atoms with Crippen LogP contribution < -0.4 is 10.6 Å². The molecule has 0 saturated carbocycles. The van der Waals surface area contributed by atoms with Crippen molar-refractivity contribution in [2.24, 2.45) is 5.73 Å². The highest BCUT2D eigenvalue weighted by molar-refractivity contribution is 5.50. The van der Waals surface area contributed by atoms with Crippen molar-refractivity contribution in [1.82, 2.24) is 0 Å². The van der Waals surface area contributed by atoms with Crippen LogP contribution in [0.1, 0.15) is 31.9 Å². The maximum Gasteiger partial charge on any atom is 0.146 e. The van der Waals surface area contributed by atoms with Gasteiger partial charge in [0, 0.05) is 12.6 Å². The first-order chi connectivity index (χ1) is 8.10. The van der Waals surface area contributed by atoms with Crippen molar-refractivity contribution in [2.45, 2.75) is 26.3 Å². The highest BCUT2D eigenvalue weighted by Crippen LogP contribution is 2.22. The van der Waals surface area contributed by atoms with Gasteiger partial charge < -0.3 is 10.6 Å². The summed E-state index contributed by atoms with van der Waals surface area (Å²) in [6.45, 7) is 5.04. The Morgan fingerprint density at radius 1 is 1.53 bits per heavy atom. The molecule has 1 aromatic rings. The molecule has 1 unspecified atom stereocenters. The Kier molecular flexibility index (Phi) is 4.99. The lowest BCUT2D eigenvalue weighted by atomic mass is 10.1. The third-order valence-corrected chi connectivity index (χ3v) is 2.61. The summed E-state index contributed by atoms with van der Waals surface area (Å²) in [5.41, 5.74) is 7.06. The highest BCUT2D eigenvalue weighted by Gasteiger charge is 2.11. The third kappa shape index (κ3) is 3.47. The summed E-state index contributed by atoms with van der Waals surface area (Å²) in [4.78, 5) is 1.86. The van der Waals surface area contributed by atoms with Crippen LogP contribution in [0.25, 0.3) is 0 Å². The molecule has 0 aliphatic rings. The van der Waals surface area contributed by atoms with Crippen LogP contribution in [0.5, 0.6) is 0 Å². The van der Waals surface area contributed by atoms with Crippen LogP contribution in [0.15, 0.2) is 18.2 Å². The van der Waals surface area contributed by atoms with Crippen molar-refractivity contribution in [2.75, 3.05) is 18.0 Å². The van der Waals surface area contributed by atoms with Crippen LogP contribution in [0.3, 0.4) is 0 Å². The van der Waals surface area contributed by atoms with Gasteiger partial charge in [0.15, 0.2) is 0 Å². The van der Waals surface area contributed by atoms with E-state index < -0.39 is 0 Å². The van der Waals surface area contributed by atoms with E-state index >= 15 is 0 Å². The topological polar surface area (TPSA) is 29.3 Å². The smallest absolute Gasteiger partial charge is 0.146 e. The van der Waals surface area contributed by atoms with Crippen LogP contribution in [0, 0.1) is 18.2 Å². The molecular formula is C14H19FN2. The zero-order valence-electron chi connectivity index (χ0n) is 10.4. The molecule has 1 atom stereocenters. The summed E-state index contributed by atoms with van der Waals surface area (Å²) in [7, 11) is 0. The third-order valence-electron chi connectivity index (χ3n) is 2.61. The van der Waals surface area contributed by atoms with Gasteiger partial charge in [0.05, 0.1) is 12.2 Å². The van der Waals surface area contributed by atoms with E-state index in [0.29, 0.717) is 12.2 Å². The number of hydrogen-bond acceptors (Lipinski definition) is 2. The second kappa shape index (κ2) is 6.27. The van der Waals surface area contributed by atoms with Gasteiger partial charge in [-0.3, -0.25) is 0 Å². The van der Waals surface area contributed by atoms with Crippen molar-refractivity contribution in [3.05, 3.63) is 29.6 Å². The largest absolute Gasteiger partial charge is 0.358 e. The van der Waals surface area contributed by atoms with Crippen molar-refractivity contribution in [3.63, 3.8) is 0 Å². The number of nitrogens with zero attached hydrogens (tertiary/aromatic N) is 1. The number of halogens is 1. The molecule has 0 fully saturated rings. The van der Waals surface area contributed by atoms with Crippen LogP contribution in [0.4, 0.5) is 10.1 Å². The Bertz CT molecular complexity index is 407. The molecule has 0 heterocycles. The van der Waals surface area contributed by atoms with E-state index in [0.717, 1.165) is 18.5 Å². The Hall–Kier alpha value is -1.53. The molecule has 0 bridgehead atoms. The average molecular weight is 234 g/mol. The fourth-order valence-corrected chi connectivity index (χ4v) is 1.73. The van der Waals surface area contributed by atoms with E-state index in [-0.39, 0.29) is 11.9 Å². The minimum atomic E-state index is -0.261. The quantitative estimate of drug-likeness (QED) is 0.794. The minimum Gasteiger partial charge on any atom is -0.358 e. The normalized spacial score (nSPS) is 11.9. The molecule has 0 aromatic heterocycles. The van der Waals surface area contributed by atoms with Crippen molar-refractivity contribution in [3.8, 4) is 12.3 Å². The molecule has 2 N–H and O–H groups in total. The van der Waals surface area contributed by atoms with Gasteiger partial charge in [-0.05, 0) is 31.0 Å². The predicted octanol–water partition coefficient (Wildman–Crippen LogP) is 2.70. The zero-order chi connectivity index (χ0) is 12.8. The van der Waals surface area contributed by atoms with E-state index in [1.165, 1.54) is 6.07 Å². The summed E-state index contributed by atoms with van der Waals surface area (Å²) in [6.07, 6.45) is 6.22. The second-order valence-corrected chi connectivity index (χ2v) is 4.13. The van der Waals surface area contributed by atoms with Crippen molar-refractivity contribution >= 4 is 5.69 Å². The Labute approximate surface area is 103 Å². The van der Waals surface area contributed by atoms with Gasteiger partial charge in [0.25, 0.3) is 0 Å². The van der Waals surface area contributed by atoms with Crippen molar-refractivity contribution in [1.29, 1.82) is 0 Å². The van der Waals surface area contributed by atoms with E-state index in [4.69, 9.17) is 12.2 Å². The molecule has 0 aliphatic heterocycles. The molecule has 0 aliphatic carbocycles. The number of nitrogens with two attached hydrogens (primary N) is 1. The van der Waals surface area contributed by atoms with Crippen molar-refractivity contribution < 1.29 is 4.39 Å². The van der Waals surface area contributed by atoms with Gasteiger partial charge in [-0.15, -0.1) is 6.42 Å². The molecule has 0 amide bonds. The molecule has 2 nitrogen and oxygen atoms in total. The van der Waals surface area contributed by atoms with Gasteiger partial charge in [-0.2, -0.15) is 0 Å². The van der Waals surface area contributed by atoms with Crippen LogP contribution in [-0.2, 0) is 0 Å². The Balaban J connectivity index is 3.00. The van der Waals surface area contributed by atoms with Crippen LogP contribution in [0.2, 0.25) is 0 Å². The monoisotopic (exact) mass is 234 g/mol. The molecule has 3 heteroatoms. The lowest BCUT2D eigenvalue weighted by molar-refractivity contribution is 0.614. The number of terminal acetylenes is 1. The summed E-state index contributed by atoms with van der Waals surface area (Å²) in [5, 5.41) is 0. The molecule has 0 spiro atoms. The first kappa shape index (κ1) is 13.5. The predicted molar refractivity (Wildman–Crippen MR) is 70.3 cm³/mol. The van der Waals surface area contributed by atoms with E-state index in [1.54, 1.807) is 6.07 Å². The summed E-state index contributed by atoms with van der Waals surface area (Å²) in [6, 6.07) is 4.92. The Morgan fingerprint density at radius 3 is 2.71 bits per heavy atom. The molecule has 0 saturated heterocycles. The summed E-state index contributed by atoms with van der Waals surface area (Å²) >= 11 is 0. The standard InChI is InChI=1S/C14H19FN2/c1-4-8-17(9-5-2)14-7-6-12(11(3)16)10-13(14)15/h1,6-7,10-11H,5,8-9,16H2,2-3H3. The lowest BCUT2D eigenvalue weighted by Gasteiger charge is -2.23. The Morgan fingerprint density at radius 2 is 2.24 bits per heavy atom. The van der Waals surface area contributed by atoms with Crippen LogP contribution in [-0.4, -0.2) is 13.1 Å². The maximum absolute atomic E-state index is 13.9. The number of hydrogen-bond donors (Lipinski definition) is 1. The zero-order valence-corrected chi connectivity index (χ0v) is 10.4. The summed E-state index contributed by atoms with van der Waals surface area (Å²) < 4.78 is 13.9. The first-order valence-corrected chi connectivity index (χ1v) is 5.83. The first-order valence-electron chi connectivity index (χ1n) is 5.83. The molecule has 17 heavy (non-hydrogen) atoms. The number of anilines is 1. The van der Waals surface area contributed by atoms with Crippen LogP contribution >= 0.6 is 0 Å². The molecule has 0 radical (unpaired) electrons. The molecular weight excluding hydrogens is 215 g/mol. The molecule has 1 aromatic carbocycles. The van der Waals surface area contributed by atoms with Gasteiger partial charge in [0.1, 0.15) is 5.82 Å². The number of benzene rings is 1. The van der Waals surface area contributed by atoms with E-state index in [1.807, 2.05) is 24.8 Å². The van der Waals surface area contributed by atoms with E-state index in [2.05, 4.69) is 5.92 Å². The summed E-state index contributed by atoms with van der Waals surface area (Å²) in [5.74, 6) is 2.29. The second-order valence-electron chi connectivity index (χ2n) is 4.13. The van der Waals surface area contributed by atoms with Gasteiger partial charge in [-0.1, -0.05) is 18.9 Å². The molecule has 92 valence electrons. The average Bonchev–Trinajstić information content (AvgIpc) is 2.28. The molecule has 1 rings (SSSR count). The van der Waals surface area contributed by atoms with Gasteiger partial charge >= 0.3 is 0 Å². The van der Waals surface area contributed by atoms with Gasteiger partial charge in [-0.25, -0.2) is 4.39 Å².